The normalized spacial score (nSPS) is 34.5. The van der Waals surface area contributed by atoms with Crippen LogP contribution in [0.4, 0.5) is 0 Å². The number of hydrogen-bond acceptors (Lipinski definition) is 7. The number of esters is 2. The third kappa shape index (κ3) is 7.75. The van der Waals surface area contributed by atoms with Crippen molar-refractivity contribution in [3.05, 3.63) is 12.2 Å². The maximum absolute atomic E-state index is 13.3. The van der Waals surface area contributed by atoms with Crippen LogP contribution < -0.4 is 0 Å². The van der Waals surface area contributed by atoms with Gasteiger partial charge in [0.15, 0.2) is 20.2 Å². The van der Waals surface area contributed by atoms with E-state index in [1.165, 1.54) is 26.0 Å². The lowest BCUT2D eigenvalue weighted by atomic mass is 9.84. The molecule has 0 aromatic rings. The van der Waals surface area contributed by atoms with E-state index in [0.717, 1.165) is 0 Å². The first kappa shape index (κ1) is 29.5. The summed E-state index contributed by atoms with van der Waals surface area (Å²) in [5.74, 6) is -2.28. The van der Waals surface area contributed by atoms with Crippen molar-refractivity contribution in [3.63, 3.8) is 0 Å². The summed E-state index contributed by atoms with van der Waals surface area (Å²) < 4.78 is 17.7. The van der Waals surface area contributed by atoms with E-state index >= 15 is 0 Å². The largest absolute Gasteiger partial charge is 0.459 e. The zero-order chi connectivity index (χ0) is 25.9. The van der Waals surface area contributed by atoms with Crippen molar-refractivity contribution >= 4 is 26.0 Å². The number of carbonyl (C=O) groups excluding carboxylic acids is 3. The SMILES string of the molecule is CC(=O)O[C@H](C)[C@H]1OC(=O)[C@H](C)[C@@H](O[Si](C)(C)C(C)(C)C)[C@@H](C)C[C@@H](C)C(=O)/C=C/[C@]1(C)O. The number of ketones is 1. The van der Waals surface area contributed by atoms with E-state index in [0.29, 0.717) is 6.42 Å². The fraction of sp³-hybridized carbons (Fsp3) is 0.800. The maximum atomic E-state index is 13.3. The second-order valence-corrected chi connectivity index (χ2v) is 16.1. The first-order valence-electron chi connectivity index (χ1n) is 11.8. The van der Waals surface area contributed by atoms with Gasteiger partial charge in [-0.15, -0.1) is 0 Å². The van der Waals surface area contributed by atoms with Crippen LogP contribution in [0, 0.1) is 17.8 Å². The second-order valence-electron chi connectivity index (χ2n) is 11.4. The lowest BCUT2D eigenvalue weighted by Gasteiger charge is -2.43. The van der Waals surface area contributed by atoms with Crippen LogP contribution in [0.3, 0.4) is 0 Å². The molecule has 1 heterocycles. The zero-order valence-corrected chi connectivity index (χ0v) is 23.2. The molecule has 33 heavy (non-hydrogen) atoms. The first-order valence-corrected chi connectivity index (χ1v) is 14.7. The molecule has 0 aromatic carbocycles. The monoisotopic (exact) mass is 484 g/mol. The van der Waals surface area contributed by atoms with Gasteiger partial charge >= 0.3 is 11.9 Å². The van der Waals surface area contributed by atoms with Crippen LogP contribution in [0.1, 0.15) is 68.7 Å². The zero-order valence-electron chi connectivity index (χ0n) is 22.2. The predicted octanol–water partition coefficient (Wildman–Crippen LogP) is 4.43. The number of cyclic esters (lactones) is 1. The number of carbonyl (C=O) groups is 3. The van der Waals surface area contributed by atoms with Crippen molar-refractivity contribution in [2.24, 2.45) is 17.8 Å². The van der Waals surface area contributed by atoms with Crippen molar-refractivity contribution in [2.75, 3.05) is 0 Å². The van der Waals surface area contributed by atoms with Gasteiger partial charge in [-0.2, -0.15) is 0 Å². The van der Waals surface area contributed by atoms with E-state index in [1.807, 2.05) is 13.8 Å². The van der Waals surface area contributed by atoms with E-state index in [2.05, 4.69) is 33.9 Å². The van der Waals surface area contributed by atoms with Gasteiger partial charge in [0, 0.05) is 12.8 Å². The number of aliphatic hydroxyl groups is 1. The van der Waals surface area contributed by atoms with Gasteiger partial charge in [-0.3, -0.25) is 14.4 Å². The van der Waals surface area contributed by atoms with Gasteiger partial charge < -0.3 is 19.0 Å². The van der Waals surface area contributed by atoms with Crippen LogP contribution >= 0.6 is 0 Å². The molecule has 190 valence electrons. The third-order valence-corrected chi connectivity index (χ3v) is 11.5. The molecule has 0 saturated carbocycles. The lowest BCUT2D eigenvalue weighted by Crippen LogP contribution is -2.52. The van der Waals surface area contributed by atoms with Crippen molar-refractivity contribution in [1.82, 2.24) is 0 Å². The van der Waals surface area contributed by atoms with Gasteiger partial charge in [0.2, 0.25) is 0 Å². The molecule has 0 spiro atoms. The number of rotatable bonds is 4. The Balaban J connectivity index is 3.49. The average Bonchev–Trinajstić information content (AvgIpc) is 2.65. The standard InChI is InChI=1S/C25H44O7Si/c1-15-14-16(2)21(32-33(10,11)24(6,7)8)17(3)23(28)31-22(18(4)30-19(5)26)25(9,29)13-12-20(15)27/h12-13,15-18,21-22,29H,14H2,1-11H3/b13-12+/t15-,16+,17-,18-,21+,22-,25+/m1/s1. The molecule has 0 fully saturated rings. The molecular weight excluding hydrogens is 440 g/mol. The van der Waals surface area contributed by atoms with Gasteiger partial charge in [-0.05, 0) is 63.4 Å². The highest BCUT2D eigenvalue weighted by molar-refractivity contribution is 6.74. The molecule has 0 amide bonds. The second kappa shape index (κ2) is 10.8. The van der Waals surface area contributed by atoms with Gasteiger partial charge in [0.25, 0.3) is 0 Å². The third-order valence-electron chi connectivity index (χ3n) is 7.06. The highest BCUT2D eigenvalue weighted by Crippen LogP contribution is 2.40. The Labute approximate surface area is 200 Å². The molecule has 1 N–H and O–H groups in total. The van der Waals surface area contributed by atoms with E-state index in [9.17, 15) is 19.5 Å². The molecule has 8 heteroatoms. The average molecular weight is 485 g/mol. The smallest absolute Gasteiger partial charge is 0.311 e. The highest BCUT2D eigenvalue weighted by Gasteiger charge is 2.46. The van der Waals surface area contributed by atoms with Crippen LogP contribution in [-0.2, 0) is 28.3 Å². The van der Waals surface area contributed by atoms with Crippen molar-refractivity contribution in [3.8, 4) is 0 Å². The summed E-state index contributed by atoms with van der Waals surface area (Å²) in [4.78, 5) is 37.7. The molecular formula is C25H44O7Si. The van der Waals surface area contributed by atoms with Crippen LogP contribution in [0.15, 0.2) is 12.2 Å². The minimum absolute atomic E-state index is 0.0692. The molecule has 7 atom stereocenters. The maximum Gasteiger partial charge on any atom is 0.311 e. The summed E-state index contributed by atoms with van der Waals surface area (Å²) >= 11 is 0. The first-order chi connectivity index (χ1) is 14.8. The molecule has 1 aliphatic rings. The molecule has 0 radical (unpaired) electrons. The van der Waals surface area contributed by atoms with Gasteiger partial charge in [0.1, 0.15) is 11.7 Å². The van der Waals surface area contributed by atoms with E-state index in [-0.39, 0.29) is 22.7 Å². The fourth-order valence-electron chi connectivity index (χ4n) is 3.93. The lowest BCUT2D eigenvalue weighted by molar-refractivity contribution is -0.186. The Morgan fingerprint density at radius 2 is 1.79 bits per heavy atom. The molecule has 0 unspecified atom stereocenters. The molecule has 7 nitrogen and oxygen atoms in total. The Kier molecular flexibility index (Phi) is 9.68. The Bertz CT molecular complexity index is 750. The Morgan fingerprint density at radius 3 is 2.27 bits per heavy atom. The van der Waals surface area contributed by atoms with E-state index in [1.54, 1.807) is 13.8 Å². The molecule has 0 aliphatic carbocycles. The van der Waals surface area contributed by atoms with Crippen molar-refractivity contribution in [1.29, 1.82) is 0 Å². The Hall–Kier alpha value is -1.51. The summed E-state index contributed by atoms with van der Waals surface area (Å²) in [6, 6.07) is 0. The molecule has 0 bridgehead atoms. The van der Waals surface area contributed by atoms with Crippen molar-refractivity contribution < 1.29 is 33.4 Å². The van der Waals surface area contributed by atoms with Gasteiger partial charge in [-0.1, -0.05) is 34.6 Å². The van der Waals surface area contributed by atoms with Crippen LogP contribution in [-0.4, -0.2) is 55.1 Å². The van der Waals surface area contributed by atoms with Crippen LogP contribution in [0.2, 0.25) is 18.1 Å². The summed E-state index contributed by atoms with van der Waals surface area (Å²) in [6.45, 7) is 20.5. The molecule has 1 aliphatic heterocycles. The topological polar surface area (TPSA) is 99.1 Å². The minimum Gasteiger partial charge on any atom is -0.459 e. The summed E-state index contributed by atoms with van der Waals surface area (Å²) in [5, 5.41) is 11.0. The number of hydrogen-bond donors (Lipinski definition) is 1. The molecule has 0 saturated heterocycles. The molecule has 1 rings (SSSR count). The van der Waals surface area contributed by atoms with Crippen LogP contribution in [0.25, 0.3) is 0 Å². The van der Waals surface area contributed by atoms with E-state index in [4.69, 9.17) is 13.9 Å². The summed E-state index contributed by atoms with van der Waals surface area (Å²) in [6.07, 6.45) is 0.601. The fourth-order valence-corrected chi connectivity index (χ4v) is 5.40. The minimum atomic E-state index is -2.25. The van der Waals surface area contributed by atoms with Crippen molar-refractivity contribution in [2.45, 2.75) is 111 Å². The van der Waals surface area contributed by atoms with Crippen LogP contribution in [0.5, 0.6) is 0 Å². The highest BCUT2D eigenvalue weighted by atomic mass is 28.4. The van der Waals surface area contributed by atoms with Gasteiger partial charge in [-0.25, -0.2) is 0 Å². The quantitative estimate of drug-likeness (QED) is 0.465. The summed E-state index contributed by atoms with van der Waals surface area (Å²) in [5.41, 5.74) is -1.72. The Morgan fingerprint density at radius 1 is 1.24 bits per heavy atom. The summed E-state index contributed by atoms with van der Waals surface area (Å²) in [7, 11) is -2.25. The molecule has 0 aromatic heterocycles. The number of allylic oxidation sites excluding steroid dienone is 1. The van der Waals surface area contributed by atoms with E-state index < -0.39 is 50.1 Å². The predicted molar refractivity (Wildman–Crippen MR) is 130 cm³/mol. The number of ether oxygens (including phenoxy) is 2. The van der Waals surface area contributed by atoms with Gasteiger partial charge in [0.05, 0.1) is 12.0 Å².